The summed E-state index contributed by atoms with van der Waals surface area (Å²) in [4.78, 5) is 7.25. The van der Waals surface area contributed by atoms with E-state index in [0.29, 0.717) is 18.0 Å². The highest BCUT2D eigenvalue weighted by Crippen LogP contribution is 2.19. The van der Waals surface area contributed by atoms with Crippen LogP contribution in [0.4, 0.5) is 0 Å². The quantitative estimate of drug-likeness (QED) is 0.895. The highest BCUT2D eigenvalue weighted by Gasteiger charge is 2.28. The molecule has 1 aromatic rings. The summed E-state index contributed by atoms with van der Waals surface area (Å²) in [7, 11) is 0. The molecule has 2 unspecified atom stereocenters. The highest BCUT2D eigenvalue weighted by molar-refractivity contribution is 5.19. The lowest BCUT2D eigenvalue weighted by atomic mass is 9.98. The molecule has 0 radical (unpaired) electrons. The number of nitrogens with one attached hydrogen (secondary N) is 1. The molecule has 3 heteroatoms. The third-order valence-corrected chi connectivity index (χ3v) is 4.56. The van der Waals surface area contributed by atoms with E-state index in [1.165, 1.54) is 17.7 Å². The van der Waals surface area contributed by atoms with E-state index < -0.39 is 0 Å². The van der Waals surface area contributed by atoms with Crippen LogP contribution < -0.4 is 5.32 Å². The van der Waals surface area contributed by atoms with E-state index in [1.54, 1.807) is 0 Å². The first-order valence-electron chi connectivity index (χ1n) is 8.05. The molecule has 1 aromatic heterocycles. The van der Waals surface area contributed by atoms with Crippen molar-refractivity contribution < 1.29 is 0 Å². The van der Waals surface area contributed by atoms with Crippen LogP contribution in [0.3, 0.4) is 0 Å². The van der Waals surface area contributed by atoms with Gasteiger partial charge in [0, 0.05) is 37.9 Å². The molecule has 2 rings (SSSR count). The van der Waals surface area contributed by atoms with Crippen LogP contribution in [0.15, 0.2) is 18.3 Å². The van der Waals surface area contributed by atoms with Gasteiger partial charge in [-0.15, -0.1) is 0 Å². The van der Waals surface area contributed by atoms with Gasteiger partial charge in [0.2, 0.25) is 0 Å². The summed E-state index contributed by atoms with van der Waals surface area (Å²) in [5, 5.41) is 3.70. The first kappa shape index (κ1) is 15.5. The lowest BCUT2D eigenvalue weighted by Crippen LogP contribution is -2.57. The summed E-state index contributed by atoms with van der Waals surface area (Å²) < 4.78 is 0. The van der Waals surface area contributed by atoms with Crippen LogP contribution in [0.2, 0.25) is 0 Å². The molecule has 0 spiro atoms. The standard InChI is InChI=1S/C17H29N3/c1-5-14-8-7-9-18-17(14)12-20-11-16(13(3)4)19-10-15(20)6-2/h7-9,13,15-16,19H,5-6,10-12H2,1-4H3. The van der Waals surface area contributed by atoms with Crippen LogP contribution in [-0.4, -0.2) is 35.1 Å². The Kier molecular flexibility index (Phi) is 5.55. The summed E-state index contributed by atoms with van der Waals surface area (Å²) in [5.74, 6) is 0.685. The zero-order chi connectivity index (χ0) is 14.5. The minimum absolute atomic E-state index is 0.603. The van der Waals surface area contributed by atoms with Crippen molar-refractivity contribution in [3.63, 3.8) is 0 Å². The zero-order valence-corrected chi connectivity index (χ0v) is 13.4. The molecule has 0 aromatic carbocycles. The maximum Gasteiger partial charge on any atom is 0.0575 e. The van der Waals surface area contributed by atoms with Crippen LogP contribution in [0.25, 0.3) is 0 Å². The van der Waals surface area contributed by atoms with Gasteiger partial charge in [-0.1, -0.05) is 33.8 Å². The summed E-state index contributed by atoms with van der Waals surface area (Å²) in [6, 6.07) is 5.50. The van der Waals surface area contributed by atoms with Crippen LogP contribution in [-0.2, 0) is 13.0 Å². The average Bonchev–Trinajstić information content (AvgIpc) is 2.47. The molecule has 20 heavy (non-hydrogen) atoms. The molecule has 2 heterocycles. The summed E-state index contributed by atoms with van der Waals surface area (Å²) in [6.45, 7) is 12.3. The van der Waals surface area contributed by atoms with Gasteiger partial charge < -0.3 is 5.32 Å². The number of nitrogens with zero attached hydrogens (tertiary/aromatic N) is 2. The maximum atomic E-state index is 4.62. The maximum absolute atomic E-state index is 4.62. The lowest BCUT2D eigenvalue weighted by molar-refractivity contribution is 0.102. The molecule has 0 bridgehead atoms. The van der Waals surface area contributed by atoms with E-state index in [2.05, 4.69) is 49.0 Å². The van der Waals surface area contributed by atoms with Crippen LogP contribution in [0.5, 0.6) is 0 Å². The predicted octanol–water partition coefficient (Wildman–Crippen LogP) is 2.85. The van der Waals surface area contributed by atoms with Crippen molar-refractivity contribution in [3.05, 3.63) is 29.6 Å². The van der Waals surface area contributed by atoms with E-state index in [1.807, 2.05) is 12.3 Å². The number of hydrogen-bond donors (Lipinski definition) is 1. The topological polar surface area (TPSA) is 28.2 Å². The lowest BCUT2D eigenvalue weighted by Gasteiger charge is -2.41. The van der Waals surface area contributed by atoms with E-state index >= 15 is 0 Å². The summed E-state index contributed by atoms with van der Waals surface area (Å²) in [5.41, 5.74) is 2.65. The van der Waals surface area contributed by atoms with E-state index in [9.17, 15) is 0 Å². The summed E-state index contributed by atoms with van der Waals surface area (Å²) >= 11 is 0. The zero-order valence-electron chi connectivity index (χ0n) is 13.4. The van der Waals surface area contributed by atoms with Gasteiger partial charge in [-0.2, -0.15) is 0 Å². The first-order chi connectivity index (χ1) is 9.65. The highest BCUT2D eigenvalue weighted by atomic mass is 15.2. The van der Waals surface area contributed by atoms with Crippen molar-refractivity contribution in [2.75, 3.05) is 13.1 Å². The Hall–Kier alpha value is -0.930. The number of piperazine rings is 1. The number of hydrogen-bond acceptors (Lipinski definition) is 3. The molecule has 1 aliphatic heterocycles. The van der Waals surface area contributed by atoms with Gasteiger partial charge in [0.15, 0.2) is 0 Å². The molecule has 0 amide bonds. The minimum atomic E-state index is 0.603. The Bertz CT molecular complexity index is 416. The largest absolute Gasteiger partial charge is 0.311 e. The predicted molar refractivity (Wildman–Crippen MR) is 84.7 cm³/mol. The van der Waals surface area contributed by atoms with Crippen LogP contribution in [0.1, 0.15) is 45.4 Å². The number of aryl methyl sites for hydroxylation is 1. The Balaban J connectivity index is 2.11. The van der Waals surface area contributed by atoms with Gasteiger partial charge in [-0.3, -0.25) is 9.88 Å². The molecule has 2 atom stereocenters. The Morgan fingerprint density at radius 3 is 2.85 bits per heavy atom. The Morgan fingerprint density at radius 2 is 2.20 bits per heavy atom. The molecule has 0 aliphatic carbocycles. The van der Waals surface area contributed by atoms with Gasteiger partial charge in [-0.05, 0) is 30.4 Å². The molecule has 1 N–H and O–H groups in total. The van der Waals surface area contributed by atoms with Gasteiger partial charge in [-0.25, -0.2) is 0 Å². The van der Waals surface area contributed by atoms with Crippen molar-refractivity contribution >= 4 is 0 Å². The van der Waals surface area contributed by atoms with Gasteiger partial charge in [0.25, 0.3) is 0 Å². The van der Waals surface area contributed by atoms with Gasteiger partial charge >= 0.3 is 0 Å². The molecular formula is C17H29N3. The second-order valence-corrected chi connectivity index (χ2v) is 6.21. The van der Waals surface area contributed by atoms with Crippen molar-refractivity contribution in [3.8, 4) is 0 Å². The molecule has 112 valence electrons. The molecule has 3 nitrogen and oxygen atoms in total. The fourth-order valence-corrected chi connectivity index (χ4v) is 3.05. The molecule has 1 aliphatic rings. The molecular weight excluding hydrogens is 246 g/mol. The molecule has 1 saturated heterocycles. The SMILES string of the molecule is CCc1cccnc1CN1CC(C(C)C)NCC1CC. The van der Waals surface area contributed by atoms with E-state index in [4.69, 9.17) is 0 Å². The Morgan fingerprint density at radius 1 is 1.40 bits per heavy atom. The molecule has 0 saturated carbocycles. The summed E-state index contributed by atoms with van der Waals surface area (Å²) in [6.07, 6.45) is 4.20. The normalized spacial score (nSPS) is 24.2. The van der Waals surface area contributed by atoms with Gasteiger partial charge in [0.05, 0.1) is 5.69 Å². The second kappa shape index (κ2) is 7.19. The third kappa shape index (κ3) is 3.58. The first-order valence-corrected chi connectivity index (χ1v) is 8.05. The van der Waals surface area contributed by atoms with E-state index in [0.717, 1.165) is 26.1 Å². The number of rotatable bonds is 5. The van der Waals surface area contributed by atoms with Crippen molar-refractivity contribution in [2.24, 2.45) is 5.92 Å². The smallest absolute Gasteiger partial charge is 0.0575 e. The van der Waals surface area contributed by atoms with Crippen molar-refractivity contribution in [2.45, 2.75) is 59.2 Å². The van der Waals surface area contributed by atoms with Crippen LogP contribution >= 0.6 is 0 Å². The Labute approximate surface area is 123 Å². The number of pyridine rings is 1. The minimum Gasteiger partial charge on any atom is -0.311 e. The number of aromatic nitrogens is 1. The average molecular weight is 275 g/mol. The second-order valence-electron chi connectivity index (χ2n) is 6.21. The van der Waals surface area contributed by atoms with Crippen molar-refractivity contribution in [1.29, 1.82) is 0 Å². The van der Waals surface area contributed by atoms with Crippen molar-refractivity contribution in [1.82, 2.24) is 15.2 Å². The third-order valence-electron chi connectivity index (χ3n) is 4.56. The van der Waals surface area contributed by atoms with Crippen LogP contribution in [0, 0.1) is 5.92 Å². The fourth-order valence-electron chi connectivity index (χ4n) is 3.05. The molecule has 1 fully saturated rings. The van der Waals surface area contributed by atoms with Gasteiger partial charge in [0.1, 0.15) is 0 Å². The monoisotopic (exact) mass is 275 g/mol. The fraction of sp³-hybridized carbons (Fsp3) is 0.706. The van der Waals surface area contributed by atoms with E-state index in [-0.39, 0.29) is 0 Å².